The summed E-state index contributed by atoms with van der Waals surface area (Å²) in [5.41, 5.74) is 25.4. The number of carboxylic acid groups (broad SMARTS) is 1. The number of imidazole rings is 4. The van der Waals surface area contributed by atoms with E-state index in [2.05, 4.69) is 103 Å². The molecule has 39 nitrogen and oxygen atoms in total. The van der Waals surface area contributed by atoms with Crippen LogP contribution in [0.5, 0.6) is 0 Å². The largest absolute Gasteiger partial charge is 0.480 e. The Morgan fingerprint density at radius 2 is 0.991 bits per heavy atom. The number of aliphatic hydroxyl groups is 1. The first-order valence-corrected chi connectivity index (χ1v) is 37.7. The number of aliphatic hydroxyl groups excluding tert-OH is 1. The molecule has 0 spiro atoms. The van der Waals surface area contributed by atoms with Crippen LogP contribution in [0.25, 0.3) is 10.9 Å². The molecule has 0 saturated carbocycles. The maximum atomic E-state index is 15.2. The van der Waals surface area contributed by atoms with Gasteiger partial charge in [0.15, 0.2) is 5.96 Å². The van der Waals surface area contributed by atoms with Crippen LogP contribution in [0.2, 0.25) is 0 Å². The number of aromatic amines is 5. The first kappa shape index (κ1) is 86.0. The predicted octanol–water partition coefficient (Wildman–Crippen LogP) is -3.79. The molecule has 5 aromatic heterocycles. The fraction of sp³-hybridized carbons (Fsp3) is 0.529. The minimum atomic E-state index is -1.51. The summed E-state index contributed by atoms with van der Waals surface area (Å²) in [5.74, 6) is -10.5. The van der Waals surface area contributed by atoms with Gasteiger partial charge in [-0.1, -0.05) is 32.0 Å². The second-order valence-electron chi connectivity index (χ2n) is 27.4. The molecule has 1 aliphatic rings. The van der Waals surface area contributed by atoms with Crippen molar-refractivity contribution in [3.05, 3.63) is 109 Å². The average molecular weight is 1550 g/mol. The van der Waals surface area contributed by atoms with Gasteiger partial charge in [0.1, 0.15) is 72.5 Å². The number of rotatable bonds is 46. The highest BCUT2D eigenvalue weighted by molar-refractivity contribution is 7.98. The Kier molecular flexibility index (Phi) is 33.7. The highest BCUT2D eigenvalue weighted by Gasteiger charge is 2.41. The number of aromatic nitrogens is 9. The van der Waals surface area contributed by atoms with Crippen molar-refractivity contribution in [2.45, 2.75) is 196 Å². The van der Waals surface area contributed by atoms with Gasteiger partial charge in [0.25, 0.3) is 0 Å². The first-order valence-electron chi connectivity index (χ1n) is 36.3. The van der Waals surface area contributed by atoms with Crippen LogP contribution >= 0.6 is 11.8 Å². The number of carbonyl (C=O) groups is 12. The lowest BCUT2D eigenvalue weighted by Crippen LogP contribution is -2.61. The molecule has 25 N–H and O–H groups in total. The van der Waals surface area contributed by atoms with Crippen molar-refractivity contribution in [2.24, 2.45) is 33.8 Å². The number of hydrogen-bond donors (Lipinski definition) is 21. The second-order valence-corrected chi connectivity index (χ2v) is 28.4. The van der Waals surface area contributed by atoms with Crippen molar-refractivity contribution in [1.82, 2.24) is 103 Å². The molecule has 1 saturated heterocycles. The number of carbonyl (C=O) groups excluding carboxylic acids is 11. The number of hydrogen-bond acceptors (Lipinski definition) is 21. The van der Waals surface area contributed by atoms with Gasteiger partial charge in [-0.25, -0.2) is 24.7 Å². The molecule has 1 fully saturated rings. The van der Waals surface area contributed by atoms with E-state index >= 15 is 9.59 Å². The van der Waals surface area contributed by atoms with Crippen LogP contribution in [0.3, 0.4) is 0 Å². The molecule has 6 heterocycles. The number of aliphatic imine (C=N–C) groups is 1. The van der Waals surface area contributed by atoms with E-state index in [0.717, 1.165) is 0 Å². The Morgan fingerprint density at radius 1 is 0.555 bits per heavy atom. The van der Waals surface area contributed by atoms with E-state index < -0.39 is 150 Å². The maximum Gasteiger partial charge on any atom is 0.326 e. The zero-order valence-corrected chi connectivity index (χ0v) is 62.8. The fourth-order valence-corrected chi connectivity index (χ4v) is 12.8. The topological polar surface area (TPSA) is 616 Å². The third kappa shape index (κ3) is 26.6. The van der Waals surface area contributed by atoms with Gasteiger partial charge in [-0.15, -0.1) is 0 Å². The number of likely N-dealkylation sites (tertiary alicyclic amines) is 1. The second kappa shape index (κ2) is 43.1. The summed E-state index contributed by atoms with van der Waals surface area (Å²) in [4.78, 5) is 208. The number of nitrogens with zero attached hydrogens (tertiary/aromatic N) is 6. The monoisotopic (exact) mass is 1550 g/mol. The molecule has 13 atom stereocenters. The molecule has 0 radical (unpaired) electrons. The number of para-hydroxylation sites is 1. The minimum absolute atomic E-state index is 0.0166. The van der Waals surface area contributed by atoms with Crippen molar-refractivity contribution in [2.75, 3.05) is 31.6 Å². The number of thioether (sulfide) groups is 1. The molecule has 0 unspecified atom stereocenters. The molecule has 0 bridgehead atoms. The van der Waals surface area contributed by atoms with Crippen LogP contribution in [0.15, 0.2) is 85.6 Å². The van der Waals surface area contributed by atoms with Gasteiger partial charge in [0, 0.05) is 110 Å². The van der Waals surface area contributed by atoms with Gasteiger partial charge >= 0.3 is 5.97 Å². The zero-order chi connectivity index (χ0) is 80.0. The molecule has 7 rings (SSSR count). The molecule has 11 amide bonds. The van der Waals surface area contributed by atoms with Crippen LogP contribution in [0.1, 0.15) is 114 Å². The van der Waals surface area contributed by atoms with E-state index in [4.69, 9.17) is 22.9 Å². The number of nitrogens with two attached hydrogens (primary N) is 4. The van der Waals surface area contributed by atoms with Crippen molar-refractivity contribution in [3.8, 4) is 0 Å². The summed E-state index contributed by atoms with van der Waals surface area (Å²) < 4.78 is 0. The van der Waals surface area contributed by atoms with E-state index in [1.807, 2.05) is 6.07 Å². The summed E-state index contributed by atoms with van der Waals surface area (Å²) in [6.45, 7) is 6.81. The summed E-state index contributed by atoms with van der Waals surface area (Å²) in [7, 11) is 0. The van der Waals surface area contributed by atoms with Crippen LogP contribution in [0, 0.1) is 5.92 Å². The smallest absolute Gasteiger partial charge is 0.326 e. The molecule has 598 valence electrons. The Morgan fingerprint density at radius 3 is 1.46 bits per heavy atom. The van der Waals surface area contributed by atoms with Gasteiger partial charge in [0.05, 0.1) is 31.4 Å². The van der Waals surface area contributed by atoms with Crippen LogP contribution < -0.4 is 76.1 Å². The molecule has 1 aliphatic heterocycles. The summed E-state index contributed by atoms with van der Waals surface area (Å²) in [5, 5.41) is 47.9. The van der Waals surface area contributed by atoms with E-state index in [0.29, 0.717) is 58.5 Å². The van der Waals surface area contributed by atoms with Gasteiger partial charge in [-0.05, 0) is 108 Å². The Hall–Kier alpha value is -11.3. The Bertz CT molecular complexity index is 4020. The van der Waals surface area contributed by atoms with Crippen molar-refractivity contribution < 1.29 is 67.7 Å². The van der Waals surface area contributed by atoms with E-state index in [9.17, 15) is 58.2 Å². The molecule has 110 heavy (non-hydrogen) atoms. The van der Waals surface area contributed by atoms with Crippen LogP contribution in [0.4, 0.5) is 0 Å². The lowest BCUT2D eigenvalue weighted by Gasteiger charge is -2.30. The molecule has 1 aromatic carbocycles. The van der Waals surface area contributed by atoms with Crippen molar-refractivity contribution >= 4 is 99.6 Å². The van der Waals surface area contributed by atoms with Gasteiger partial charge in [-0.2, -0.15) is 11.8 Å². The molecular formula is C70H103N25O14S. The number of nitrogens with one attached hydrogen (secondary N) is 15. The van der Waals surface area contributed by atoms with Gasteiger partial charge < -0.3 is 116 Å². The molecule has 0 aliphatic carbocycles. The van der Waals surface area contributed by atoms with Crippen molar-refractivity contribution in [3.63, 3.8) is 0 Å². The Balaban J connectivity index is 1.10. The van der Waals surface area contributed by atoms with E-state index in [-0.39, 0.29) is 108 Å². The number of amides is 11. The Labute approximate surface area is 638 Å². The summed E-state index contributed by atoms with van der Waals surface area (Å²) in [6.07, 6.45) is 14.0. The highest BCUT2D eigenvalue weighted by atomic mass is 32.2. The normalized spacial score (nSPS) is 16.0. The van der Waals surface area contributed by atoms with Crippen LogP contribution in [-0.4, -0.2) is 247 Å². The number of guanidine groups is 1. The number of aliphatic carboxylic acids is 1. The third-order valence-electron chi connectivity index (χ3n) is 18.3. The lowest BCUT2D eigenvalue weighted by atomic mass is 10.0. The first-order chi connectivity index (χ1) is 52.6. The average Bonchev–Trinajstić information content (AvgIpc) is 1.64. The fourth-order valence-electron chi connectivity index (χ4n) is 12.3. The van der Waals surface area contributed by atoms with Gasteiger partial charge in [-0.3, -0.25) is 57.7 Å². The zero-order valence-electron chi connectivity index (χ0n) is 62.0. The van der Waals surface area contributed by atoms with E-state index in [1.54, 1.807) is 44.5 Å². The molecule has 6 aromatic rings. The maximum absolute atomic E-state index is 15.2. The predicted molar refractivity (Wildman–Crippen MR) is 403 cm³/mol. The quantitative estimate of drug-likeness (QED) is 0.00990. The molecular weight excluding hydrogens is 1450 g/mol. The summed E-state index contributed by atoms with van der Waals surface area (Å²) in [6, 6.07) is -9.26. The number of carboxylic acids is 1. The summed E-state index contributed by atoms with van der Waals surface area (Å²) >= 11 is 1.35. The van der Waals surface area contributed by atoms with E-state index in [1.165, 1.54) is 80.6 Å². The third-order valence-corrected chi connectivity index (χ3v) is 18.9. The standard InChI is InChI=1S/C70H103N25O14S/c1-37(2)22-50(90-66(105)55(27-44-32-78-36-84-44)94-67(106)56-16-11-20-95(56)68(107)57(72)39(4)96)62(101)93-54(26-43-31-77-35-83-43)65(104)87-48(17-21-110-5)60(99)91-51(23-40-28-80-46-13-7-6-12-45(40)46)63(102)92-52(24-41-29-75-33-81-41)61(100)85-38(3)58(97)89-53(25-42-30-76-34-82-42)64(103)86-47(14-8-9-18-71)59(98)88-49(69(108)109)15-10-19-79-70(73)74/h6-7,12-13,28-39,47-57,80,96H,8-11,14-27,71-72H2,1-5H3,(H,75,81)(H,76,82)(H,77,83)(H,78,84)(H,85,100)(H,86,103)(H,87,104)(H,88,98)(H,89,97)(H,90,105)(H,91,99)(H,92,102)(H,93,101)(H,94,106)(H,108,109)(H4,73,74,79)/t38-,39+,47-,48-,49-,50-,51-,52-,53-,54-,55-,56-,57-/m0/s1. The van der Waals surface area contributed by atoms with Gasteiger partial charge in [0.2, 0.25) is 65.0 Å². The number of H-pyrrole nitrogens is 5. The minimum Gasteiger partial charge on any atom is -0.480 e. The van der Waals surface area contributed by atoms with Crippen LogP contribution in [-0.2, 0) is 89.6 Å². The number of benzene rings is 1. The number of unbranched alkanes of at least 4 members (excludes halogenated alkanes) is 1. The highest BCUT2D eigenvalue weighted by Crippen LogP contribution is 2.22. The SMILES string of the molecule is CSCC[C@H](NC(=O)[C@H](Cc1cnc[nH]1)NC(=O)[C@H](CC(C)C)NC(=O)[C@H](Cc1cnc[nH]1)NC(=O)[C@@H]1CCCN1C(=O)[C@@H](N)[C@@H](C)O)C(=O)N[C@@H](Cc1c[nH]c2ccccc12)C(=O)N[C@@H](Cc1cnc[nH]1)C(=O)N[C@@H](C)C(=O)N[C@@H](Cc1cnc[nH]1)C(=O)N[C@@H](CCCCN)C(=O)N[C@@H](CCCN=C(N)N)C(=O)O. The molecule has 40 heteroatoms. The lowest BCUT2D eigenvalue weighted by molar-refractivity contribution is -0.142. The van der Waals surface area contributed by atoms with Crippen molar-refractivity contribution in [1.29, 1.82) is 0 Å². The number of fused-ring (bicyclic) bond motifs is 1.